The lowest BCUT2D eigenvalue weighted by atomic mass is 10.0. The predicted octanol–water partition coefficient (Wildman–Crippen LogP) is 5.75. The third-order valence-corrected chi connectivity index (χ3v) is 5.87. The van der Waals surface area contributed by atoms with Crippen molar-refractivity contribution in [3.8, 4) is 11.1 Å². The molecule has 1 aliphatic heterocycles. The number of carbonyl (C=O) groups excluding carboxylic acids is 3. The highest BCUT2D eigenvalue weighted by Gasteiger charge is 2.34. The number of nitrogens with zero attached hydrogens (tertiary/aromatic N) is 2. The van der Waals surface area contributed by atoms with Gasteiger partial charge in [-0.05, 0) is 56.9 Å². The summed E-state index contributed by atoms with van der Waals surface area (Å²) in [4.78, 5) is 39.0. The van der Waals surface area contributed by atoms with Crippen molar-refractivity contribution < 1.29 is 19.1 Å². The third kappa shape index (κ3) is 5.45. The Hall–Kier alpha value is -3.87. The minimum Gasteiger partial charge on any atom is -0.444 e. The van der Waals surface area contributed by atoms with Crippen LogP contribution in [-0.2, 0) is 17.7 Å². The van der Waals surface area contributed by atoms with Gasteiger partial charge in [0.05, 0.1) is 16.8 Å². The number of nitrogens with one attached hydrogen (secondary N) is 1. The van der Waals surface area contributed by atoms with E-state index in [1.807, 2.05) is 49.9 Å². The highest BCUT2D eigenvalue weighted by molar-refractivity contribution is 6.21. The molecule has 1 N–H and O–H groups in total. The zero-order chi connectivity index (χ0) is 25.2. The summed E-state index contributed by atoms with van der Waals surface area (Å²) in [5.74, 6) is -0.496. The molecule has 1 aliphatic rings. The summed E-state index contributed by atoms with van der Waals surface area (Å²) in [6.45, 7) is 8.46. The van der Waals surface area contributed by atoms with Crippen molar-refractivity contribution in [1.82, 2.24) is 9.47 Å². The molecule has 3 amide bonds. The minimum absolute atomic E-state index is 0.248. The smallest absolute Gasteiger partial charge is 0.412 e. The van der Waals surface area contributed by atoms with Gasteiger partial charge in [0.15, 0.2) is 0 Å². The van der Waals surface area contributed by atoms with Gasteiger partial charge in [-0.1, -0.05) is 43.3 Å². The maximum atomic E-state index is 12.6. The number of aromatic nitrogens is 1. The van der Waals surface area contributed by atoms with Crippen LogP contribution in [0.3, 0.4) is 0 Å². The zero-order valence-corrected chi connectivity index (χ0v) is 20.6. The normalized spacial score (nSPS) is 13.2. The highest BCUT2D eigenvalue weighted by Crippen LogP contribution is 2.30. The molecule has 0 fully saturated rings. The fourth-order valence-electron chi connectivity index (χ4n) is 4.15. The van der Waals surface area contributed by atoms with E-state index < -0.39 is 11.7 Å². The minimum atomic E-state index is -0.609. The first-order valence-electron chi connectivity index (χ1n) is 11.9. The van der Waals surface area contributed by atoms with E-state index in [0.29, 0.717) is 36.3 Å². The van der Waals surface area contributed by atoms with Gasteiger partial charge in [-0.2, -0.15) is 0 Å². The predicted molar refractivity (Wildman–Crippen MR) is 136 cm³/mol. The summed E-state index contributed by atoms with van der Waals surface area (Å²) >= 11 is 0. The molecular weight excluding hydrogens is 442 g/mol. The summed E-state index contributed by atoms with van der Waals surface area (Å²) in [5, 5.41) is 2.87. The van der Waals surface area contributed by atoms with E-state index in [-0.39, 0.29) is 11.8 Å². The molecule has 0 radical (unpaired) electrons. The van der Waals surface area contributed by atoms with Gasteiger partial charge in [-0.3, -0.25) is 19.8 Å². The van der Waals surface area contributed by atoms with E-state index in [1.54, 1.807) is 24.3 Å². The molecule has 0 saturated carbocycles. The molecule has 0 saturated heterocycles. The van der Waals surface area contributed by atoms with Gasteiger partial charge < -0.3 is 9.30 Å². The molecule has 0 bridgehead atoms. The number of hydrogen-bond donors (Lipinski definition) is 1. The molecule has 0 aliphatic carbocycles. The van der Waals surface area contributed by atoms with Gasteiger partial charge in [-0.25, -0.2) is 4.79 Å². The van der Waals surface area contributed by atoms with Crippen LogP contribution in [0.25, 0.3) is 11.1 Å². The average Bonchev–Trinajstić information content (AvgIpc) is 3.32. The van der Waals surface area contributed by atoms with Crippen molar-refractivity contribution in [3.63, 3.8) is 0 Å². The fraction of sp³-hybridized carbons (Fsp3) is 0.321. The third-order valence-electron chi connectivity index (χ3n) is 5.87. The van der Waals surface area contributed by atoms with Crippen molar-refractivity contribution in [2.75, 3.05) is 11.9 Å². The molecule has 4 rings (SSSR count). The number of anilines is 1. The maximum Gasteiger partial charge on any atom is 0.412 e. The fourth-order valence-corrected chi connectivity index (χ4v) is 4.15. The van der Waals surface area contributed by atoms with Crippen molar-refractivity contribution >= 4 is 23.6 Å². The Labute approximate surface area is 205 Å². The van der Waals surface area contributed by atoms with Crippen LogP contribution in [-0.4, -0.2) is 39.5 Å². The summed E-state index contributed by atoms with van der Waals surface area (Å²) in [5.41, 5.74) is 4.04. The van der Waals surface area contributed by atoms with Gasteiger partial charge in [0.1, 0.15) is 5.60 Å². The number of benzene rings is 2. The van der Waals surface area contributed by atoms with E-state index in [9.17, 15) is 14.4 Å². The molecular formula is C28H31N3O4. The van der Waals surface area contributed by atoms with Crippen LogP contribution in [0.2, 0.25) is 0 Å². The second-order valence-corrected chi connectivity index (χ2v) is 9.66. The molecule has 35 heavy (non-hydrogen) atoms. The Morgan fingerprint density at radius 2 is 1.51 bits per heavy atom. The number of fused-ring (bicyclic) bond motifs is 1. The Kier molecular flexibility index (Phi) is 6.78. The molecule has 2 aromatic carbocycles. The molecule has 7 heteroatoms. The maximum absolute atomic E-state index is 12.6. The first-order chi connectivity index (χ1) is 16.7. The van der Waals surface area contributed by atoms with Crippen LogP contribution in [0.1, 0.15) is 60.4 Å². The lowest BCUT2D eigenvalue weighted by Gasteiger charge is -2.19. The van der Waals surface area contributed by atoms with Crippen molar-refractivity contribution in [2.24, 2.45) is 0 Å². The first kappa shape index (κ1) is 24.3. The van der Waals surface area contributed by atoms with Gasteiger partial charge in [0.25, 0.3) is 11.8 Å². The van der Waals surface area contributed by atoms with Crippen LogP contribution < -0.4 is 5.32 Å². The summed E-state index contributed by atoms with van der Waals surface area (Å²) in [7, 11) is 0. The SMILES string of the molecule is CCc1ccc(-c2cn(CCCN3C(=O)c4ccccc4C3=O)cc2NC(=O)OC(C)(C)C)cc1. The molecule has 7 nitrogen and oxygen atoms in total. The molecule has 3 aromatic rings. The number of carbonyl (C=O) groups is 3. The Morgan fingerprint density at radius 1 is 0.886 bits per heavy atom. The molecule has 0 unspecified atom stereocenters. The van der Waals surface area contributed by atoms with Gasteiger partial charge >= 0.3 is 6.09 Å². The van der Waals surface area contributed by atoms with Gasteiger partial charge in [-0.15, -0.1) is 0 Å². The molecule has 2 heterocycles. The monoisotopic (exact) mass is 473 g/mol. The standard InChI is InChI=1S/C28H31N3O4/c1-5-19-11-13-20(14-12-19)23-17-30(18-24(23)29-27(34)35-28(2,3)4)15-8-16-31-25(32)21-9-6-7-10-22(21)26(31)33/h6-7,9-14,17-18H,5,8,15-16H2,1-4H3,(H,29,34). The summed E-state index contributed by atoms with van der Waals surface area (Å²) in [6, 6.07) is 15.1. The number of ether oxygens (including phenoxy) is 1. The highest BCUT2D eigenvalue weighted by atomic mass is 16.6. The van der Waals surface area contributed by atoms with E-state index >= 15 is 0 Å². The lowest BCUT2D eigenvalue weighted by Crippen LogP contribution is -2.31. The Morgan fingerprint density at radius 3 is 2.09 bits per heavy atom. The number of amides is 3. The molecule has 1 aromatic heterocycles. The van der Waals surface area contributed by atoms with Crippen LogP contribution in [0, 0.1) is 0 Å². The van der Waals surface area contributed by atoms with Crippen molar-refractivity contribution in [3.05, 3.63) is 77.6 Å². The molecule has 182 valence electrons. The van der Waals surface area contributed by atoms with E-state index in [0.717, 1.165) is 17.5 Å². The van der Waals surface area contributed by atoms with Gasteiger partial charge in [0, 0.05) is 31.0 Å². The number of hydrogen-bond acceptors (Lipinski definition) is 4. The topological polar surface area (TPSA) is 80.6 Å². The number of imide groups is 1. The second kappa shape index (κ2) is 9.78. The average molecular weight is 474 g/mol. The summed E-state index contributed by atoms with van der Waals surface area (Å²) in [6.07, 6.45) is 4.83. The van der Waals surface area contributed by atoms with E-state index in [1.165, 1.54) is 10.5 Å². The quantitative estimate of drug-likeness (QED) is 0.443. The first-order valence-corrected chi connectivity index (χ1v) is 11.9. The summed E-state index contributed by atoms with van der Waals surface area (Å²) < 4.78 is 7.41. The number of rotatable bonds is 7. The van der Waals surface area contributed by atoms with Crippen molar-refractivity contribution in [1.29, 1.82) is 0 Å². The lowest BCUT2D eigenvalue weighted by molar-refractivity contribution is 0.0627. The Bertz CT molecular complexity index is 1220. The van der Waals surface area contributed by atoms with Crippen molar-refractivity contribution in [2.45, 2.75) is 52.7 Å². The van der Waals surface area contributed by atoms with Crippen LogP contribution in [0.4, 0.5) is 10.5 Å². The van der Waals surface area contributed by atoms with Crippen LogP contribution in [0.5, 0.6) is 0 Å². The molecule has 0 atom stereocenters. The van der Waals surface area contributed by atoms with Crippen LogP contribution in [0.15, 0.2) is 60.9 Å². The largest absolute Gasteiger partial charge is 0.444 e. The van der Waals surface area contributed by atoms with E-state index in [4.69, 9.17) is 4.74 Å². The molecule has 0 spiro atoms. The Balaban J connectivity index is 1.49. The van der Waals surface area contributed by atoms with Crippen LogP contribution >= 0.6 is 0 Å². The van der Waals surface area contributed by atoms with Gasteiger partial charge in [0.2, 0.25) is 0 Å². The zero-order valence-electron chi connectivity index (χ0n) is 20.6. The number of aryl methyl sites for hydroxylation is 2. The second-order valence-electron chi connectivity index (χ2n) is 9.66. The van der Waals surface area contributed by atoms with E-state index in [2.05, 4.69) is 24.4 Å².